The number of aliphatic hydroxyl groups excluding tert-OH is 1. The van der Waals surface area contributed by atoms with E-state index in [2.05, 4.69) is 15.5 Å². The standard InChI is InChI=1S/C22H18F2N4O3/c23-15-10-16(24)12-17(11-15)25-22(30)13-31-21-6-5-14(7-8-29)9-20(21)28-26-18-3-1-2-4-19(18)27-28/h1-6,9-12,29H,7-8,13H2,(H,25,30). The van der Waals surface area contributed by atoms with Gasteiger partial charge in [-0.3, -0.25) is 4.79 Å². The summed E-state index contributed by atoms with van der Waals surface area (Å²) in [5.74, 6) is -1.85. The molecule has 0 radical (unpaired) electrons. The summed E-state index contributed by atoms with van der Waals surface area (Å²) in [6.45, 7) is -0.425. The molecule has 4 rings (SSSR count). The van der Waals surface area contributed by atoms with Gasteiger partial charge in [0.1, 0.15) is 34.1 Å². The molecule has 1 aromatic heterocycles. The van der Waals surface area contributed by atoms with Gasteiger partial charge in [-0.15, -0.1) is 15.0 Å². The van der Waals surface area contributed by atoms with Crippen LogP contribution in [-0.2, 0) is 11.2 Å². The molecular formula is C22H18F2N4O3. The molecule has 7 nitrogen and oxygen atoms in total. The molecule has 0 fully saturated rings. The van der Waals surface area contributed by atoms with Gasteiger partial charge in [0.15, 0.2) is 6.61 Å². The summed E-state index contributed by atoms with van der Waals surface area (Å²) < 4.78 is 32.3. The van der Waals surface area contributed by atoms with E-state index in [4.69, 9.17) is 4.74 Å². The van der Waals surface area contributed by atoms with Crippen molar-refractivity contribution in [1.82, 2.24) is 15.0 Å². The second-order valence-electron chi connectivity index (χ2n) is 6.75. The molecular weight excluding hydrogens is 406 g/mol. The predicted octanol–water partition coefficient (Wildman–Crippen LogP) is 3.25. The van der Waals surface area contributed by atoms with Gasteiger partial charge in [0.25, 0.3) is 5.91 Å². The first-order valence-electron chi connectivity index (χ1n) is 9.47. The Morgan fingerprint density at radius 2 is 1.68 bits per heavy atom. The number of anilines is 1. The molecule has 0 aliphatic rings. The van der Waals surface area contributed by atoms with Gasteiger partial charge in [-0.2, -0.15) is 0 Å². The molecule has 2 N–H and O–H groups in total. The van der Waals surface area contributed by atoms with E-state index in [9.17, 15) is 18.7 Å². The van der Waals surface area contributed by atoms with E-state index >= 15 is 0 Å². The third-order valence-corrected chi connectivity index (χ3v) is 4.43. The Morgan fingerprint density at radius 3 is 2.32 bits per heavy atom. The fraction of sp³-hybridized carbons (Fsp3) is 0.136. The van der Waals surface area contributed by atoms with Crippen LogP contribution in [0.25, 0.3) is 16.7 Å². The molecule has 1 heterocycles. The van der Waals surface area contributed by atoms with Crippen LogP contribution in [0.5, 0.6) is 5.75 Å². The lowest BCUT2D eigenvalue weighted by Crippen LogP contribution is -2.21. The van der Waals surface area contributed by atoms with Crippen LogP contribution in [0.15, 0.2) is 60.7 Å². The van der Waals surface area contributed by atoms with Crippen LogP contribution >= 0.6 is 0 Å². The number of nitrogens with one attached hydrogen (secondary N) is 1. The Bertz CT molecular complexity index is 1190. The molecule has 0 unspecified atom stereocenters. The van der Waals surface area contributed by atoms with Crippen molar-refractivity contribution in [2.24, 2.45) is 0 Å². The van der Waals surface area contributed by atoms with Crippen molar-refractivity contribution in [1.29, 1.82) is 0 Å². The maximum atomic E-state index is 13.3. The minimum Gasteiger partial charge on any atom is -0.481 e. The molecule has 0 bridgehead atoms. The molecule has 9 heteroatoms. The second-order valence-corrected chi connectivity index (χ2v) is 6.75. The zero-order valence-corrected chi connectivity index (χ0v) is 16.3. The van der Waals surface area contributed by atoms with Gasteiger partial charge < -0.3 is 15.2 Å². The number of hydrogen-bond acceptors (Lipinski definition) is 5. The summed E-state index contributed by atoms with van der Waals surface area (Å²) in [5, 5.41) is 20.5. The Balaban J connectivity index is 1.56. The highest BCUT2D eigenvalue weighted by molar-refractivity contribution is 5.91. The monoisotopic (exact) mass is 424 g/mol. The third kappa shape index (κ3) is 4.84. The number of benzene rings is 3. The highest BCUT2D eigenvalue weighted by Gasteiger charge is 2.14. The normalized spacial score (nSPS) is 10.9. The van der Waals surface area contributed by atoms with E-state index in [0.29, 0.717) is 35.0 Å². The van der Waals surface area contributed by atoms with Crippen LogP contribution in [0, 0.1) is 11.6 Å². The molecule has 0 atom stereocenters. The van der Waals surface area contributed by atoms with Gasteiger partial charge in [-0.05, 0) is 48.4 Å². The van der Waals surface area contributed by atoms with Crippen LogP contribution in [0.2, 0.25) is 0 Å². The first-order valence-corrected chi connectivity index (χ1v) is 9.47. The largest absolute Gasteiger partial charge is 0.481 e. The molecule has 0 saturated heterocycles. The number of halogens is 2. The van der Waals surface area contributed by atoms with Gasteiger partial charge in [-0.25, -0.2) is 8.78 Å². The zero-order valence-electron chi connectivity index (χ0n) is 16.3. The van der Waals surface area contributed by atoms with E-state index < -0.39 is 24.1 Å². The highest BCUT2D eigenvalue weighted by atomic mass is 19.1. The number of ether oxygens (including phenoxy) is 1. The fourth-order valence-corrected chi connectivity index (χ4v) is 3.06. The van der Waals surface area contributed by atoms with Crippen molar-refractivity contribution < 1.29 is 23.4 Å². The molecule has 0 aliphatic carbocycles. The highest BCUT2D eigenvalue weighted by Crippen LogP contribution is 2.25. The first kappa shape index (κ1) is 20.4. The number of carbonyl (C=O) groups excluding carboxylic acids is 1. The minimum atomic E-state index is -0.796. The van der Waals surface area contributed by atoms with Crippen molar-refractivity contribution in [3.05, 3.63) is 77.9 Å². The van der Waals surface area contributed by atoms with Crippen molar-refractivity contribution >= 4 is 22.6 Å². The summed E-state index contributed by atoms with van der Waals surface area (Å²) in [6.07, 6.45) is 0.430. The molecule has 158 valence electrons. The summed E-state index contributed by atoms with van der Waals surface area (Å²) in [5.41, 5.74) is 2.70. The first-order chi connectivity index (χ1) is 15.0. The number of rotatable bonds is 7. The minimum absolute atomic E-state index is 0.00962. The Labute approximate surface area is 175 Å². The topological polar surface area (TPSA) is 89.3 Å². The second kappa shape index (κ2) is 8.88. The van der Waals surface area contributed by atoms with Crippen LogP contribution in [-0.4, -0.2) is 39.2 Å². The quantitative estimate of drug-likeness (QED) is 0.476. The zero-order chi connectivity index (χ0) is 21.8. The molecule has 3 aromatic carbocycles. The predicted molar refractivity (Wildman–Crippen MR) is 110 cm³/mol. The molecule has 1 amide bonds. The number of nitrogens with zero attached hydrogens (tertiary/aromatic N) is 3. The number of aliphatic hydroxyl groups is 1. The van der Waals surface area contributed by atoms with Gasteiger partial charge in [-0.1, -0.05) is 18.2 Å². The van der Waals surface area contributed by atoms with E-state index in [0.717, 1.165) is 17.7 Å². The van der Waals surface area contributed by atoms with E-state index in [-0.39, 0.29) is 12.3 Å². The lowest BCUT2D eigenvalue weighted by atomic mass is 10.1. The molecule has 0 saturated carbocycles. The number of aromatic nitrogens is 3. The number of fused-ring (bicyclic) bond motifs is 1. The number of amides is 1. The smallest absolute Gasteiger partial charge is 0.262 e. The summed E-state index contributed by atoms with van der Waals surface area (Å²) >= 11 is 0. The third-order valence-electron chi connectivity index (χ3n) is 4.43. The molecule has 0 spiro atoms. The summed E-state index contributed by atoms with van der Waals surface area (Å²) in [7, 11) is 0. The van der Waals surface area contributed by atoms with Crippen LogP contribution in [0.3, 0.4) is 0 Å². The van der Waals surface area contributed by atoms with Crippen LogP contribution < -0.4 is 10.1 Å². The van der Waals surface area contributed by atoms with Crippen LogP contribution in [0.1, 0.15) is 5.56 Å². The maximum absolute atomic E-state index is 13.3. The number of hydrogen-bond donors (Lipinski definition) is 2. The van der Waals surface area contributed by atoms with Crippen molar-refractivity contribution in [3.63, 3.8) is 0 Å². The SMILES string of the molecule is O=C(COc1ccc(CCO)cc1-n1nc2ccccc2n1)Nc1cc(F)cc(F)c1. The van der Waals surface area contributed by atoms with E-state index in [1.807, 2.05) is 24.3 Å². The van der Waals surface area contributed by atoms with Crippen molar-refractivity contribution in [2.45, 2.75) is 6.42 Å². The van der Waals surface area contributed by atoms with E-state index in [1.165, 1.54) is 4.80 Å². The summed E-state index contributed by atoms with van der Waals surface area (Å²) in [6, 6.07) is 15.3. The molecule has 31 heavy (non-hydrogen) atoms. The molecule has 4 aromatic rings. The van der Waals surface area contributed by atoms with Gasteiger partial charge >= 0.3 is 0 Å². The van der Waals surface area contributed by atoms with E-state index in [1.54, 1.807) is 18.2 Å². The van der Waals surface area contributed by atoms with Crippen molar-refractivity contribution in [2.75, 3.05) is 18.5 Å². The average molecular weight is 424 g/mol. The van der Waals surface area contributed by atoms with Crippen molar-refractivity contribution in [3.8, 4) is 11.4 Å². The summed E-state index contributed by atoms with van der Waals surface area (Å²) in [4.78, 5) is 13.6. The lowest BCUT2D eigenvalue weighted by molar-refractivity contribution is -0.118. The number of carbonyl (C=O) groups is 1. The Kier molecular flexibility index (Phi) is 5.85. The van der Waals surface area contributed by atoms with Gasteiger partial charge in [0.2, 0.25) is 0 Å². The van der Waals surface area contributed by atoms with Gasteiger partial charge in [0, 0.05) is 18.4 Å². The van der Waals surface area contributed by atoms with Crippen LogP contribution in [0.4, 0.5) is 14.5 Å². The van der Waals surface area contributed by atoms with Gasteiger partial charge in [0.05, 0.1) is 0 Å². The molecule has 0 aliphatic heterocycles. The lowest BCUT2D eigenvalue weighted by Gasteiger charge is -2.12. The average Bonchev–Trinajstić information content (AvgIpc) is 3.16. The Morgan fingerprint density at radius 1 is 1.00 bits per heavy atom. The Hall–Kier alpha value is -3.85. The fourth-order valence-electron chi connectivity index (χ4n) is 3.06. The maximum Gasteiger partial charge on any atom is 0.262 e.